The van der Waals surface area contributed by atoms with Gasteiger partial charge in [-0.2, -0.15) is 5.10 Å². The van der Waals surface area contributed by atoms with Gasteiger partial charge < -0.3 is 10.6 Å². The number of piperidine rings is 1. The predicted molar refractivity (Wildman–Crippen MR) is 65.5 cm³/mol. The standard InChI is InChI=1S/C12H20N4O/c17-12(11-5-1-2-6-13-11)14-7-3-9-16-10-4-8-15-16/h4,8,10-11,13H,1-3,5-7,9H2,(H,14,17)/t11-/m0/s1. The molecule has 1 saturated heterocycles. The van der Waals surface area contributed by atoms with Gasteiger partial charge in [0.1, 0.15) is 0 Å². The van der Waals surface area contributed by atoms with Gasteiger partial charge in [0, 0.05) is 25.5 Å². The molecule has 2 N–H and O–H groups in total. The number of nitrogens with one attached hydrogen (secondary N) is 2. The number of nitrogens with zero attached hydrogens (tertiary/aromatic N) is 2. The zero-order chi connectivity index (χ0) is 11.9. The third-order valence-corrected chi connectivity index (χ3v) is 3.05. The summed E-state index contributed by atoms with van der Waals surface area (Å²) in [5.74, 6) is 0.144. The Hall–Kier alpha value is -1.36. The number of hydrogen-bond acceptors (Lipinski definition) is 3. The van der Waals surface area contributed by atoms with Gasteiger partial charge in [0.2, 0.25) is 5.91 Å². The van der Waals surface area contributed by atoms with Crippen LogP contribution in [-0.2, 0) is 11.3 Å². The van der Waals surface area contributed by atoms with Crippen LogP contribution in [0.5, 0.6) is 0 Å². The molecule has 1 aliphatic rings. The zero-order valence-electron chi connectivity index (χ0n) is 10.1. The summed E-state index contributed by atoms with van der Waals surface area (Å²) < 4.78 is 1.88. The van der Waals surface area contributed by atoms with Crippen molar-refractivity contribution in [2.24, 2.45) is 0 Å². The molecule has 1 aromatic rings. The molecule has 2 rings (SSSR count). The van der Waals surface area contributed by atoms with Crippen molar-refractivity contribution in [1.29, 1.82) is 0 Å². The molecule has 0 unspecified atom stereocenters. The van der Waals surface area contributed by atoms with Crippen LogP contribution in [0.3, 0.4) is 0 Å². The molecule has 0 aliphatic carbocycles. The second-order valence-electron chi connectivity index (χ2n) is 4.42. The molecule has 1 aliphatic heterocycles. The summed E-state index contributed by atoms with van der Waals surface area (Å²) in [6, 6.07) is 1.93. The number of rotatable bonds is 5. The Morgan fingerprint density at radius 2 is 2.47 bits per heavy atom. The number of carbonyl (C=O) groups excluding carboxylic acids is 1. The van der Waals surface area contributed by atoms with Crippen LogP contribution in [0.2, 0.25) is 0 Å². The molecule has 2 heterocycles. The minimum atomic E-state index is 0.0217. The first-order valence-corrected chi connectivity index (χ1v) is 6.35. The average Bonchev–Trinajstić information content (AvgIpc) is 2.88. The highest BCUT2D eigenvalue weighted by Gasteiger charge is 2.19. The van der Waals surface area contributed by atoms with Gasteiger partial charge in [-0.3, -0.25) is 9.48 Å². The lowest BCUT2D eigenvalue weighted by Gasteiger charge is -2.22. The first-order chi connectivity index (χ1) is 8.36. The van der Waals surface area contributed by atoms with Gasteiger partial charge in [0.05, 0.1) is 6.04 Å². The highest BCUT2D eigenvalue weighted by atomic mass is 16.2. The molecule has 0 aromatic carbocycles. The fraction of sp³-hybridized carbons (Fsp3) is 0.667. The van der Waals surface area contributed by atoms with Crippen molar-refractivity contribution < 1.29 is 4.79 Å². The molecule has 0 radical (unpaired) electrons. The summed E-state index contributed by atoms with van der Waals surface area (Å²) in [4.78, 5) is 11.8. The van der Waals surface area contributed by atoms with E-state index in [0.29, 0.717) is 0 Å². The summed E-state index contributed by atoms with van der Waals surface area (Å²) >= 11 is 0. The van der Waals surface area contributed by atoms with Crippen molar-refractivity contribution in [3.63, 3.8) is 0 Å². The second-order valence-corrected chi connectivity index (χ2v) is 4.42. The van der Waals surface area contributed by atoms with Crippen LogP contribution in [0.15, 0.2) is 18.5 Å². The fourth-order valence-corrected chi connectivity index (χ4v) is 2.08. The van der Waals surface area contributed by atoms with Crippen LogP contribution in [0, 0.1) is 0 Å². The molecule has 1 amide bonds. The van der Waals surface area contributed by atoms with Gasteiger partial charge in [0.25, 0.3) is 0 Å². The molecule has 17 heavy (non-hydrogen) atoms. The van der Waals surface area contributed by atoms with Crippen LogP contribution in [-0.4, -0.2) is 34.8 Å². The normalized spacial score (nSPS) is 20.1. The minimum absolute atomic E-state index is 0.0217. The third-order valence-electron chi connectivity index (χ3n) is 3.05. The molecule has 5 nitrogen and oxygen atoms in total. The summed E-state index contributed by atoms with van der Waals surface area (Å²) in [5, 5.41) is 10.3. The molecular formula is C12H20N4O. The van der Waals surface area contributed by atoms with E-state index in [0.717, 1.165) is 38.9 Å². The summed E-state index contributed by atoms with van der Waals surface area (Å²) in [6.45, 7) is 2.54. The number of hydrogen-bond donors (Lipinski definition) is 2. The predicted octanol–water partition coefficient (Wildman–Crippen LogP) is 0.531. The summed E-state index contributed by atoms with van der Waals surface area (Å²) in [5.41, 5.74) is 0. The highest BCUT2D eigenvalue weighted by molar-refractivity contribution is 5.81. The van der Waals surface area contributed by atoms with Crippen molar-refractivity contribution in [2.75, 3.05) is 13.1 Å². The number of aryl methyl sites for hydroxylation is 1. The molecular weight excluding hydrogens is 216 g/mol. The first-order valence-electron chi connectivity index (χ1n) is 6.35. The van der Waals surface area contributed by atoms with E-state index < -0.39 is 0 Å². The number of aromatic nitrogens is 2. The molecule has 1 fully saturated rings. The Labute approximate surface area is 102 Å². The SMILES string of the molecule is O=C(NCCCn1cccn1)[C@@H]1CCCCN1. The van der Waals surface area contributed by atoms with Gasteiger partial charge in [-0.1, -0.05) is 6.42 Å². The van der Waals surface area contributed by atoms with E-state index in [2.05, 4.69) is 15.7 Å². The monoisotopic (exact) mass is 236 g/mol. The van der Waals surface area contributed by atoms with E-state index in [1.54, 1.807) is 6.20 Å². The second kappa shape index (κ2) is 6.39. The van der Waals surface area contributed by atoms with Crippen LogP contribution in [0.1, 0.15) is 25.7 Å². The van der Waals surface area contributed by atoms with Gasteiger partial charge in [-0.25, -0.2) is 0 Å². The van der Waals surface area contributed by atoms with Gasteiger partial charge in [-0.05, 0) is 31.9 Å². The molecule has 0 saturated carbocycles. The van der Waals surface area contributed by atoms with Crippen LogP contribution in [0.25, 0.3) is 0 Å². The van der Waals surface area contributed by atoms with E-state index in [4.69, 9.17) is 0 Å². The largest absolute Gasteiger partial charge is 0.355 e. The highest BCUT2D eigenvalue weighted by Crippen LogP contribution is 2.06. The van der Waals surface area contributed by atoms with Gasteiger partial charge in [-0.15, -0.1) is 0 Å². The molecule has 0 bridgehead atoms. The smallest absolute Gasteiger partial charge is 0.237 e. The first kappa shape index (κ1) is 12.1. The van der Waals surface area contributed by atoms with Crippen molar-refractivity contribution in [3.05, 3.63) is 18.5 Å². The molecule has 1 atom stereocenters. The van der Waals surface area contributed by atoms with E-state index in [1.165, 1.54) is 6.42 Å². The van der Waals surface area contributed by atoms with Crippen molar-refractivity contribution >= 4 is 5.91 Å². The average molecular weight is 236 g/mol. The lowest BCUT2D eigenvalue weighted by atomic mass is 10.0. The van der Waals surface area contributed by atoms with Crippen LogP contribution in [0.4, 0.5) is 0 Å². The maximum atomic E-state index is 11.8. The third kappa shape index (κ3) is 3.85. The Morgan fingerprint density at radius 1 is 1.53 bits per heavy atom. The Kier molecular flexibility index (Phi) is 4.55. The summed E-state index contributed by atoms with van der Waals surface area (Å²) in [7, 11) is 0. The van der Waals surface area contributed by atoms with Crippen LogP contribution >= 0.6 is 0 Å². The summed E-state index contributed by atoms with van der Waals surface area (Å²) in [6.07, 6.45) is 7.92. The van der Waals surface area contributed by atoms with Crippen molar-refractivity contribution in [2.45, 2.75) is 38.3 Å². The van der Waals surface area contributed by atoms with Crippen LogP contribution < -0.4 is 10.6 Å². The van der Waals surface area contributed by atoms with Crippen molar-refractivity contribution in [1.82, 2.24) is 20.4 Å². The Bertz CT molecular complexity index is 330. The Balaban J connectivity index is 1.59. The topological polar surface area (TPSA) is 59.0 Å². The maximum absolute atomic E-state index is 11.8. The minimum Gasteiger partial charge on any atom is -0.355 e. The Morgan fingerprint density at radius 3 is 3.18 bits per heavy atom. The van der Waals surface area contributed by atoms with Crippen molar-refractivity contribution in [3.8, 4) is 0 Å². The van der Waals surface area contributed by atoms with E-state index in [1.807, 2.05) is 16.9 Å². The van der Waals surface area contributed by atoms with E-state index >= 15 is 0 Å². The molecule has 0 spiro atoms. The lowest BCUT2D eigenvalue weighted by molar-refractivity contribution is -0.123. The zero-order valence-corrected chi connectivity index (χ0v) is 10.1. The quantitative estimate of drug-likeness (QED) is 0.733. The van der Waals surface area contributed by atoms with E-state index in [-0.39, 0.29) is 11.9 Å². The molecule has 5 heteroatoms. The molecule has 94 valence electrons. The number of amides is 1. The van der Waals surface area contributed by atoms with Gasteiger partial charge in [0.15, 0.2) is 0 Å². The maximum Gasteiger partial charge on any atom is 0.237 e. The number of carbonyl (C=O) groups is 1. The molecule has 1 aromatic heterocycles. The fourth-order valence-electron chi connectivity index (χ4n) is 2.08. The van der Waals surface area contributed by atoms with E-state index in [9.17, 15) is 4.79 Å². The lowest BCUT2D eigenvalue weighted by Crippen LogP contribution is -2.46. The van der Waals surface area contributed by atoms with Gasteiger partial charge >= 0.3 is 0 Å².